The maximum absolute atomic E-state index is 14.3. The minimum Gasteiger partial charge on any atom is -0.493 e. The van der Waals surface area contributed by atoms with Crippen LogP contribution in [0.3, 0.4) is 0 Å². The number of hydrogen-bond acceptors (Lipinski definition) is 14. The monoisotopic (exact) mass is 771 g/mol. The van der Waals surface area contributed by atoms with Crippen molar-refractivity contribution in [1.29, 1.82) is 0 Å². The molecular formula is C34H48N2O14PS+. The highest BCUT2D eigenvalue weighted by Crippen LogP contribution is 2.59. The van der Waals surface area contributed by atoms with Crippen molar-refractivity contribution >= 4 is 30.0 Å². The fourth-order valence-electron chi connectivity index (χ4n) is 6.12. The zero-order chi connectivity index (χ0) is 37.6. The molecule has 4 aliphatic rings. The Labute approximate surface area is 304 Å². The van der Waals surface area contributed by atoms with E-state index < -0.39 is 73.6 Å². The molecule has 18 heteroatoms. The number of carbonyl (C=O) groups excluding carboxylic acids is 2. The minimum absolute atomic E-state index is 0.0148. The summed E-state index contributed by atoms with van der Waals surface area (Å²) >= 11 is 0. The summed E-state index contributed by atoms with van der Waals surface area (Å²) in [5.41, 5.74) is 0.664. The van der Waals surface area contributed by atoms with Crippen LogP contribution in [0, 0.1) is 11.8 Å². The number of benzene rings is 2. The van der Waals surface area contributed by atoms with Crippen molar-refractivity contribution in [2.75, 3.05) is 46.4 Å². The van der Waals surface area contributed by atoms with Gasteiger partial charge in [0.25, 0.3) is 6.35 Å². The molecule has 0 radical (unpaired) electrons. The van der Waals surface area contributed by atoms with E-state index in [-0.39, 0.29) is 54.4 Å². The predicted molar refractivity (Wildman–Crippen MR) is 186 cm³/mol. The van der Waals surface area contributed by atoms with E-state index >= 15 is 0 Å². The van der Waals surface area contributed by atoms with E-state index in [1.165, 1.54) is 32.2 Å². The van der Waals surface area contributed by atoms with Gasteiger partial charge in [-0.3, -0.25) is 4.52 Å². The van der Waals surface area contributed by atoms with Gasteiger partial charge in [0.15, 0.2) is 12.0 Å². The molecule has 2 aromatic carbocycles. The summed E-state index contributed by atoms with van der Waals surface area (Å²) in [7, 11) is -7.16. The summed E-state index contributed by atoms with van der Waals surface area (Å²) in [6, 6.07) is 9.46. The lowest BCUT2D eigenvalue weighted by Crippen LogP contribution is -2.51. The molecule has 2 saturated heterocycles. The molecule has 0 aromatic heterocycles. The lowest BCUT2D eigenvalue weighted by Gasteiger charge is -2.31. The first-order chi connectivity index (χ1) is 24.7. The molecule has 4 heterocycles. The number of nitrogens with one attached hydrogen (secondary N) is 1. The smallest absolute Gasteiger partial charge is 0.493 e. The fourth-order valence-corrected chi connectivity index (χ4v) is 9.26. The van der Waals surface area contributed by atoms with E-state index in [1.54, 1.807) is 31.2 Å². The number of aliphatic hydroxyl groups is 1. The van der Waals surface area contributed by atoms with Crippen molar-refractivity contribution in [3.8, 4) is 17.2 Å². The Morgan fingerprint density at radius 2 is 1.87 bits per heavy atom. The zero-order valence-electron chi connectivity index (χ0n) is 29.8. The molecule has 0 saturated carbocycles. The van der Waals surface area contributed by atoms with E-state index in [9.17, 15) is 28.0 Å². The highest BCUT2D eigenvalue weighted by molar-refractivity contribution is 7.89. The molecule has 6 rings (SSSR count). The van der Waals surface area contributed by atoms with Gasteiger partial charge in [0.1, 0.15) is 11.9 Å². The number of sulfonamides is 1. The molecule has 4 aliphatic heterocycles. The maximum Gasteiger partial charge on any atom is 0.494 e. The quantitative estimate of drug-likeness (QED) is 0.248. The molecule has 2 unspecified atom stereocenters. The number of methoxy groups -OCH3 is 1. The van der Waals surface area contributed by atoms with Gasteiger partial charge in [0.05, 0.1) is 49.9 Å². The van der Waals surface area contributed by atoms with Gasteiger partial charge in [-0.2, -0.15) is 13.7 Å². The SMILES string of the molecule is CCOC(=O)C(C)O[P+]1(O)COc2ccc(cc2)C[C@H](NC(=O)O[C@H]2CO[C@H]3OCC[C@H]32)[C@H](O)CN(CC(C)C)S(=O)(=O)c2ccc(OC)c(c2)O1. The number of nitrogens with zero attached hydrogens (tertiary/aromatic N) is 1. The van der Waals surface area contributed by atoms with E-state index in [4.69, 9.17) is 37.5 Å². The Morgan fingerprint density at radius 1 is 1.12 bits per heavy atom. The van der Waals surface area contributed by atoms with Crippen molar-refractivity contribution in [3.63, 3.8) is 0 Å². The van der Waals surface area contributed by atoms with E-state index in [1.807, 2.05) is 13.8 Å². The van der Waals surface area contributed by atoms with Crippen LogP contribution in [0.4, 0.5) is 4.79 Å². The van der Waals surface area contributed by atoms with Crippen LogP contribution in [0.5, 0.6) is 17.2 Å². The molecule has 7 atom stereocenters. The second kappa shape index (κ2) is 17.2. The highest BCUT2D eigenvalue weighted by Gasteiger charge is 2.49. The second-order valence-corrected chi connectivity index (χ2v) is 17.0. The first kappa shape index (κ1) is 39.9. The van der Waals surface area contributed by atoms with Crippen LogP contribution in [0.25, 0.3) is 0 Å². The first-order valence-electron chi connectivity index (χ1n) is 17.1. The Morgan fingerprint density at radius 3 is 2.56 bits per heavy atom. The molecule has 3 N–H and O–H groups in total. The molecule has 1 amide bonds. The van der Waals surface area contributed by atoms with Crippen molar-refractivity contribution < 1.29 is 65.5 Å². The van der Waals surface area contributed by atoms with Gasteiger partial charge in [-0.05, 0) is 62.4 Å². The van der Waals surface area contributed by atoms with Gasteiger partial charge in [0.2, 0.25) is 21.9 Å². The molecule has 0 spiro atoms. The van der Waals surface area contributed by atoms with Crippen molar-refractivity contribution in [1.82, 2.24) is 9.62 Å². The van der Waals surface area contributed by atoms with E-state index in [2.05, 4.69) is 5.32 Å². The normalized spacial score (nSPS) is 28.2. The molecule has 4 bridgehead atoms. The third kappa shape index (κ3) is 9.82. The third-order valence-electron chi connectivity index (χ3n) is 8.70. The number of fused-ring (bicyclic) bond motifs is 11. The van der Waals surface area contributed by atoms with Gasteiger partial charge in [-0.15, -0.1) is 0 Å². The van der Waals surface area contributed by atoms with Crippen LogP contribution in [-0.4, -0.2) is 112 Å². The molecular weight excluding hydrogens is 723 g/mol. The number of alkyl carbamates (subject to hydrolysis) is 1. The lowest BCUT2D eigenvalue weighted by molar-refractivity contribution is -0.151. The number of rotatable bonds is 9. The van der Waals surface area contributed by atoms with Crippen LogP contribution >= 0.6 is 7.94 Å². The largest absolute Gasteiger partial charge is 0.494 e. The van der Waals surface area contributed by atoms with Gasteiger partial charge < -0.3 is 38.8 Å². The molecule has 0 aliphatic carbocycles. The predicted octanol–water partition coefficient (Wildman–Crippen LogP) is 3.25. The number of aliphatic hydroxyl groups excluding tert-OH is 1. The summed E-state index contributed by atoms with van der Waals surface area (Å²) in [5, 5.41) is 14.4. The molecule has 288 valence electrons. The molecule has 16 nitrogen and oxygen atoms in total. The topological polar surface area (TPSA) is 198 Å². The highest BCUT2D eigenvalue weighted by atomic mass is 32.2. The summed E-state index contributed by atoms with van der Waals surface area (Å²) in [6.07, 6.45) is -4.21. The van der Waals surface area contributed by atoms with Gasteiger partial charge in [-0.1, -0.05) is 26.0 Å². The number of carbonyl (C=O) groups is 2. The van der Waals surface area contributed by atoms with Crippen LogP contribution in [-0.2, 0) is 44.7 Å². The minimum atomic E-state index is -4.35. The molecule has 2 aromatic rings. The first-order valence-corrected chi connectivity index (χ1v) is 20.4. The summed E-state index contributed by atoms with van der Waals surface area (Å²) < 4.78 is 74.6. The van der Waals surface area contributed by atoms with E-state index in [0.29, 0.717) is 24.3 Å². The van der Waals surface area contributed by atoms with Crippen molar-refractivity contribution in [2.45, 2.75) is 76.1 Å². The van der Waals surface area contributed by atoms with Crippen molar-refractivity contribution in [3.05, 3.63) is 48.0 Å². The lowest BCUT2D eigenvalue weighted by atomic mass is 10.0. The summed E-state index contributed by atoms with van der Waals surface area (Å²) in [4.78, 5) is 37.2. The molecule has 2 fully saturated rings. The Bertz CT molecular complexity index is 1650. The zero-order valence-corrected chi connectivity index (χ0v) is 31.5. The van der Waals surface area contributed by atoms with Gasteiger partial charge >= 0.3 is 20.0 Å². The number of amides is 1. The van der Waals surface area contributed by atoms with Gasteiger partial charge in [0, 0.05) is 19.2 Å². The van der Waals surface area contributed by atoms with Crippen molar-refractivity contribution in [2.24, 2.45) is 11.8 Å². The van der Waals surface area contributed by atoms with Crippen LogP contribution in [0.1, 0.15) is 39.7 Å². The van der Waals surface area contributed by atoms with Gasteiger partial charge in [-0.25, -0.2) is 18.0 Å². The molecule has 52 heavy (non-hydrogen) atoms. The fraction of sp³-hybridized carbons (Fsp3) is 0.588. The van der Waals surface area contributed by atoms with E-state index in [0.717, 1.165) is 4.31 Å². The maximum atomic E-state index is 14.3. The Hall–Kier alpha value is -3.28. The van der Waals surface area contributed by atoms with Crippen LogP contribution in [0.2, 0.25) is 0 Å². The number of hydrogen-bond donors (Lipinski definition) is 3. The standard InChI is InChI=1S/C34H47N2O14PS/c1-6-44-32(38)22(4)49-51(40)20-47-24-9-7-23(8-10-24)15-27(35-34(39)48-31-19-46-33-26(31)13-14-45-33)28(37)18-36(17-21(2)3)52(41,42)25-11-12-29(43-5)30(16-25)50-51/h7-12,16,21-22,26-28,31,33,37,40H,6,13-15,17-20H2,1-5H3/p+1/t22?,26-,27-,28+,31-,33+,51?/m0/s1. The van der Waals surface area contributed by atoms with Crippen LogP contribution in [0.15, 0.2) is 47.4 Å². The average Bonchev–Trinajstić information content (AvgIpc) is 3.72. The second-order valence-electron chi connectivity index (χ2n) is 13.2. The third-order valence-corrected chi connectivity index (χ3v) is 12.1. The number of ether oxygens (including phenoxy) is 6. The summed E-state index contributed by atoms with van der Waals surface area (Å²) in [5.74, 6) is -0.853. The average molecular weight is 772 g/mol. The van der Waals surface area contributed by atoms with Crippen LogP contribution < -0.4 is 19.3 Å². The number of esters is 1. The Balaban J connectivity index is 1.50. The Kier molecular flexibility index (Phi) is 13.2. The summed E-state index contributed by atoms with van der Waals surface area (Å²) in [6.45, 7) is 7.04.